The van der Waals surface area contributed by atoms with E-state index in [9.17, 15) is 0 Å². The Labute approximate surface area is 93.5 Å². The van der Waals surface area contributed by atoms with Crippen molar-refractivity contribution in [2.75, 3.05) is 6.54 Å². The van der Waals surface area contributed by atoms with Gasteiger partial charge >= 0.3 is 0 Å². The van der Waals surface area contributed by atoms with Gasteiger partial charge in [-0.1, -0.05) is 30.3 Å². The number of benzene rings is 1. The van der Waals surface area contributed by atoms with Crippen molar-refractivity contribution in [3.8, 4) is 10.4 Å². The second kappa shape index (κ2) is 4.57. The van der Waals surface area contributed by atoms with E-state index in [0.717, 1.165) is 5.56 Å². The Kier molecular flexibility index (Phi) is 3.16. The zero-order valence-electron chi connectivity index (χ0n) is 8.39. The molecule has 3 heteroatoms. The van der Waals surface area contributed by atoms with E-state index in [1.165, 1.54) is 10.4 Å². The first kappa shape index (κ1) is 10.4. The van der Waals surface area contributed by atoms with Gasteiger partial charge in [0.1, 0.15) is 0 Å². The van der Waals surface area contributed by atoms with Crippen LogP contribution in [0.5, 0.6) is 0 Å². The molecule has 1 aromatic carbocycles. The first-order chi connectivity index (χ1) is 7.33. The SMILES string of the molecule is NC[C@H](N)c1ccccc1-c1cccs1. The smallest absolute Gasteiger partial charge is 0.0425 e. The molecule has 0 aliphatic rings. The van der Waals surface area contributed by atoms with Gasteiger partial charge in [-0.3, -0.25) is 0 Å². The molecule has 2 aromatic rings. The fourth-order valence-electron chi connectivity index (χ4n) is 1.60. The van der Waals surface area contributed by atoms with Crippen molar-refractivity contribution in [1.29, 1.82) is 0 Å². The summed E-state index contributed by atoms with van der Waals surface area (Å²) < 4.78 is 0. The van der Waals surface area contributed by atoms with Crippen LogP contribution >= 0.6 is 11.3 Å². The summed E-state index contributed by atoms with van der Waals surface area (Å²) in [5, 5.41) is 2.07. The van der Waals surface area contributed by atoms with Crippen LogP contribution in [0.3, 0.4) is 0 Å². The third-order valence-corrected chi connectivity index (χ3v) is 3.30. The van der Waals surface area contributed by atoms with Crippen molar-refractivity contribution in [1.82, 2.24) is 0 Å². The van der Waals surface area contributed by atoms with Crippen molar-refractivity contribution in [3.63, 3.8) is 0 Å². The summed E-state index contributed by atoms with van der Waals surface area (Å²) >= 11 is 1.72. The van der Waals surface area contributed by atoms with Gasteiger partial charge in [-0.2, -0.15) is 0 Å². The van der Waals surface area contributed by atoms with Crippen LogP contribution in [-0.2, 0) is 0 Å². The molecule has 0 saturated carbocycles. The molecule has 4 N–H and O–H groups in total. The summed E-state index contributed by atoms with van der Waals surface area (Å²) in [5.41, 5.74) is 13.9. The standard InChI is InChI=1S/C12H14N2S/c13-8-11(14)9-4-1-2-5-10(9)12-6-3-7-15-12/h1-7,11H,8,13-14H2/t11-/m0/s1. The third-order valence-electron chi connectivity index (χ3n) is 2.40. The van der Waals surface area contributed by atoms with E-state index in [4.69, 9.17) is 11.5 Å². The maximum absolute atomic E-state index is 5.98. The summed E-state index contributed by atoms with van der Waals surface area (Å²) in [7, 11) is 0. The Hall–Kier alpha value is -1.16. The fraction of sp³-hybridized carbons (Fsp3) is 0.167. The molecule has 15 heavy (non-hydrogen) atoms. The van der Waals surface area contributed by atoms with Crippen molar-refractivity contribution in [2.24, 2.45) is 11.5 Å². The maximum atomic E-state index is 5.98. The van der Waals surface area contributed by atoms with Gasteiger partial charge in [0.05, 0.1) is 0 Å². The number of thiophene rings is 1. The van der Waals surface area contributed by atoms with Gasteiger partial charge in [0.2, 0.25) is 0 Å². The molecule has 0 spiro atoms. The van der Waals surface area contributed by atoms with Crippen LogP contribution in [0, 0.1) is 0 Å². The molecule has 78 valence electrons. The van der Waals surface area contributed by atoms with E-state index in [1.807, 2.05) is 24.3 Å². The zero-order chi connectivity index (χ0) is 10.7. The van der Waals surface area contributed by atoms with Crippen LogP contribution in [0.4, 0.5) is 0 Å². The molecule has 0 aliphatic carbocycles. The number of nitrogens with two attached hydrogens (primary N) is 2. The number of rotatable bonds is 3. The maximum Gasteiger partial charge on any atom is 0.0425 e. The van der Waals surface area contributed by atoms with Crippen molar-refractivity contribution in [2.45, 2.75) is 6.04 Å². The quantitative estimate of drug-likeness (QED) is 0.831. The molecule has 1 heterocycles. The molecular weight excluding hydrogens is 204 g/mol. The van der Waals surface area contributed by atoms with E-state index in [2.05, 4.69) is 17.5 Å². The van der Waals surface area contributed by atoms with E-state index in [-0.39, 0.29) is 6.04 Å². The second-order valence-corrected chi connectivity index (χ2v) is 4.35. The topological polar surface area (TPSA) is 52.0 Å². The molecule has 2 nitrogen and oxygen atoms in total. The van der Waals surface area contributed by atoms with Crippen molar-refractivity contribution < 1.29 is 0 Å². The van der Waals surface area contributed by atoms with E-state index >= 15 is 0 Å². The highest BCUT2D eigenvalue weighted by Gasteiger charge is 2.10. The van der Waals surface area contributed by atoms with E-state index in [0.29, 0.717) is 6.54 Å². The lowest BCUT2D eigenvalue weighted by Gasteiger charge is -2.13. The van der Waals surface area contributed by atoms with Crippen molar-refractivity contribution in [3.05, 3.63) is 47.3 Å². The Balaban J connectivity index is 2.47. The molecule has 0 fully saturated rings. The molecule has 0 radical (unpaired) electrons. The molecule has 1 aromatic heterocycles. The number of hydrogen-bond acceptors (Lipinski definition) is 3. The van der Waals surface area contributed by atoms with E-state index in [1.54, 1.807) is 11.3 Å². The fourth-order valence-corrected chi connectivity index (χ4v) is 2.38. The Morgan fingerprint density at radius 3 is 2.60 bits per heavy atom. The summed E-state index contributed by atoms with van der Waals surface area (Å²) in [5.74, 6) is 0. The zero-order valence-corrected chi connectivity index (χ0v) is 9.21. The molecule has 0 saturated heterocycles. The highest BCUT2D eigenvalue weighted by Crippen LogP contribution is 2.30. The largest absolute Gasteiger partial charge is 0.329 e. The molecule has 0 bridgehead atoms. The molecule has 2 rings (SSSR count). The van der Waals surface area contributed by atoms with Crippen LogP contribution in [0.2, 0.25) is 0 Å². The molecular formula is C12H14N2S. The lowest BCUT2D eigenvalue weighted by molar-refractivity contribution is 0.739. The van der Waals surface area contributed by atoms with Crippen LogP contribution in [0.15, 0.2) is 41.8 Å². The van der Waals surface area contributed by atoms with Gasteiger partial charge in [-0.25, -0.2) is 0 Å². The molecule has 1 atom stereocenters. The summed E-state index contributed by atoms with van der Waals surface area (Å²) in [6.07, 6.45) is 0. The van der Waals surface area contributed by atoms with Crippen molar-refractivity contribution >= 4 is 11.3 Å². The summed E-state index contributed by atoms with van der Waals surface area (Å²) in [6, 6.07) is 12.2. The van der Waals surface area contributed by atoms with Crippen LogP contribution in [0.1, 0.15) is 11.6 Å². The van der Waals surface area contributed by atoms with Crippen LogP contribution in [0.25, 0.3) is 10.4 Å². The lowest BCUT2D eigenvalue weighted by Crippen LogP contribution is -2.21. The minimum Gasteiger partial charge on any atom is -0.329 e. The predicted molar refractivity (Wildman–Crippen MR) is 65.7 cm³/mol. The van der Waals surface area contributed by atoms with Crippen LogP contribution < -0.4 is 11.5 Å². The van der Waals surface area contributed by atoms with Gasteiger partial charge in [-0.05, 0) is 22.6 Å². The summed E-state index contributed by atoms with van der Waals surface area (Å²) in [4.78, 5) is 1.24. The average Bonchev–Trinajstić information content (AvgIpc) is 2.81. The Bertz CT molecular complexity index is 423. The minimum atomic E-state index is -0.0803. The van der Waals surface area contributed by atoms with Gasteiger partial charge < -0.3 is 11.5 Å². The van der Waals surface area contributed by atoms with Gasteiger partial charge in [0.15, 0.2) is 0 Å². The van der Waals surface area contributed by atoms with E-state index < -0.39 is 0 Å². The lowest BCUT2D eigenvalue weighted by atomic mass is 10.00. The molecule has 0 aliphatic heterocycles. The monoisotopic (exact) mass is 218 g/mol. The first-order valence-electron chi connectivity index (χ1n) is 4.91. The van der Waals surface area contributed by atoms with Gasteiger partial charge in [0.25, 0.3) is 0 Å². The molecule has 0 unspecified atom stereocenters. The normalized spacial score (nSPS) is 12.7. The Morgan fingerprint density at radius 1 is 1.13 bits per heavy atom. The van der Waals surface area contributed by atoms with Gasteiger partial charge in [0, 0.05) is 17.5 Å². The van der Waals surface area contributed by atoms with Gasteiger partial charge in [-0.15, -0.1) is 11.3 Å². The Morgan fingerprint density at radius 2 is 1.93 bits per heavy atom. The van der Waals surface area contributed by atoms with Crippen LogP contribution in [-0.4, -0.2) is 6.54 Å². The predicted octanol–water partition coefficient (Wildman–Crippen LogP) is 2.37. The summed E-state index contributed by atoms with van der Waals surface area (Å²) in [6.45, 7) is 0.475. The third kappa shape index (κ3) is 2.09. The highest BCUT2D eigenvalue weighted by molar-refractivity contribution is 7.13. The number of hydrogen-bond donors (Lipinski definition) is 2. The minimum absolute atomic E-state index is 0.0803. The second-order valence-electron chi connectivity index (χ2n) is 3.41. The first-order valence-corrected chi connectivity index (χ1v) is 5.79. The molecule has 0 amide bonds. The highest BCUT2D eigenvalue weighted by atomic mass is 32.1. The average molecular weight is 218 g/mol.